The number of imidazole rings is 1. The Morgan fingerprint density at radius 2 is 2.04 bits per heavy atom. The van der Waals surface area contributed by atoms with E-state index < -0.39 is 0 Å². The van der Waals surface area contributed by atoms with Gasteiger partial charge in [-0.2, -0.15) is 0 Å². The van der Waals surface area contributed by atoms with Crippen LogP contribution in [0.3, 0.4) is 0 Å². The van der Waals surface area contributed by atoms with Crippen molar-refractivity contribution >= 4 is 5.91 Å². The molecule has 7 nitrogen and oxygen atoms in total. The van der Waals surface area contributed by atoms with Crippen molar-refractivity contribution in [3.63, 3.8) is 0 Å². The monoisotopic (exact) mass is 330 g/mol. The van der Waals surface area contributed by atoms with E-state index in [1.54, 1.807) is 12.1 Å². The maximum atomic E-state index is 12.5. The highest BCUT2D eigenvalue weighted by atomic mass is 16.5. The summed E-state index contributed by atoms with van der Waals surface area (Å²) in [6.07, 6.45) is 4.29. The first-order chi connectivity index (χ1) is 11.8. The molecule has 2 aromatic rings. The fourth-order valence-corrected chi connectivity index (χ4v) is 3.37. The van der Waals surface area contributed by atoms with Gasteiger partial charge in [0.05, 0.1) is 25.2 Å². The van der Waals surface area contributed by atoms with Gasteiger partial charge in [0.1, 0.15) is 5.82 Å². The molecular formula is C17H22N4O3. The summed E-state index contributed by atoms with van der Waals surface area (Å²) in [6.45, 7) is 6.54. The van der Waals surface area contributed by atoms with Crippen LogP contribution in [0.15, 0.2) is 29.0 Å². The number of nitrogens with zero attached hydrogens (tertiary/aromatic N) is 4. The largest absolute Gasteiger partial charge is 0.459 e. The number of hydrogen-bond acceptors (Lipinski definition) is 5. The summed E-state index contributed by atoms with van der Waals surface area (Å²) < 4.78 is 12.9. The Balaban J connectivity index is 1.44. The van der Waals surface area contributed by atoms with Crippen LogP contribution in [-0.2, 0) is 24.2 Å². The van der Waals surface area contributed by atoms with Crippen LogP contribution in [0.2, 0.25) is 0 Å². The Bertz CT molecular complexity index is 689. The van der Waals surface area contributed by atoms with Crippen molar-refractivity contribution in [2.75, 3.05) is 39.4 Å². The first-order valence-electron chi connectivity index (χ1n) is 8.47. The molecule has 1 saturated heterocycles. The number of hydrogen-bond donors (Lipinski definition) is 0. The fraction of sp³-hybridized carbons (Fsp3) is 0.529. The smallest absolute Gasteiger partial charge is 0.289 e. The zero-order valence-electron chi connectivity index (χ0n) is 13.7. The van der Waals surface area contributed by atoms with Gasteiger partial charge in [0.25, 0.3) is 5.91 Å². The van der Waals surface area contributed by atoms with E-state index >= 15 is 0 Å². The number of morpholine rings is 1. The van der Waals surface area contributed by atoms with Crippen LogP contribution in [0.25, 0.3) is 0 Å². The van der Waals surface area contributed by atoms with Gasteiger partial charge in [-0.05, 0) is 12.1 Å². The number of carbonyl (C=O) groups is 1. The second kappa shape index (κ2) is 6.78. The average molecular weight is 330 g/mol. The van der Waals surface area contributed by atoms with Gasteiger partial charge in [-0.25, -0.2) is 4.98 Å². The van der Waals surface area contributed by atoms with E-state index in [4.69, 9.17) is 9.15 Å². The van der Waals surface area contributed by atoms with E-state index in [-0.39, 0.29) is 5.91 Å². The molecule has 2 aliphatic rings. The molecule has 4 heterocycles. The molecule has 7 heteroatoms. The molecule has 2 aromatic heterocycles. The molecule has 0 unspecified atom stereocenters. The molecule has 0 bridgehead atoms. The summed E-state index contributed by atoms with van der Waals surface area (Å²) in [5, 5.41) is 0. The zero-order valence-corrected chi connectivity index (χ0v) is 13.7. The summed E-state index contributed by atoms with van der Waals surface area (Å²) in [4.78, 5) is 21.3. The van der Waals surface area contributed by atoms with E-state index in [0.717, 1.165) is 51.6 Å². The molecule has 128 valence electrons. The molecule has 4 rings (SSSR count). The molecule has 0 aliphatic carbocycles. The van der Waals surface area contributed by atoms with Crippen molar-refractivity contribution in [3.8, 4) is 0 Å². The van der Waals surface area contributed by atoms with Crippen molar-refractivity contribution < 1.29 is 13.9 Å². The Morgan fingerprint density at radius 3 is 2.83 bits per heavy atom. The minimum absolute atomic E-state index is 0.0412. The topological polar surface area (TPSA) is 63.7 Å². The van der Waals surface area contributed by atoms with Crippen molar-refractivity contribution in [1.82, 2.24) is 19.4 Å². The van der Waals surface area contributed by atoms with Gasteiger partial charge in [-0.3, -0.25) is 9.69 Å². The Kier molecular flexibility index (Phi) is 4.36. The molecular weight excluding hydrogens is 308 g/mol. The van der Waals surface area contributed by atoms with Crippen LogP contribution in [0, 0.1) is 0 Å². The molecule has 1 fully saturated rings. The number of carbonyl (C=O) groups excluding carboxylic acids is 1. The lowest BCUT2D eigenvalue weighted by atomic mass is 10.3. The molecule has 2 aliphatic heterocycles. The molecule has 1 amide bonds. The van der Waals surface area contributed by atoms with E-state index in [2.05, 4.69) is 14.5 Å². The summed E-state index contributed by atoms with van der Waals surface area (Å²) in [5.74, 6) is 1.43. The number of amides is 1. The van der Waals surface area contributed by atoms with Crippen LogP contribution >= 0.6 is 0 Å². The van der Waals surface area contributed by atoms with E-state index in [1.807, 2.05) is 11.1 Å². The molecule has 0 spiro atoms. The maximum absolute atomic E-state index is 12.5. The van der Waals surface area contributed by atoms with Crippen molar-refractivity contribution in [2.45, 2.75) is 19.5 Å². The highest BCUT2D eigenvalue weighted by Gasteiger charge is 2.24. The third-order valence-electron chi connectivity index (χ3n) is 4.73. The zero-order chi connectivity index (χ0) is 16.4. The minimum atomic E-state index is -0.0412. The van der Waals surface area contributed by atoms with Gasteiger partial charge in [0.15, 0.2) is 5.76 Å². The number of rotatable bonds is 3. The Hall–Kier alpha value is -2.12. The molecule has 0 atom stereocenters. The predicted octanol–water partition coefficient (Wildman–Crippen LogP) is 1.01. The standard InChI is InChI=1S/C17H22N4O3/c22-17(15-2-1-9-24-15)20-4-3-16-18-12-14(21(16)6-5-20)13-19-7-10-23-11-8-19/h1-2,9,12H,3-8,10-11,13H2. The maximum Gasteiger partial charge on any atom is 0.289 e. The highest BCUT2D eigenvalue weighted by molar-refractivity contribution is 5.91. The lowest BCUT2D eigenvalue weighted by molar-refractivity contribution is 0.0331. The minimum Gasteiger partial charge on any atom is -0.459 e. The van der Waals surface area contributed by atoms with Gasteiger partial charge in [-0.1, -0.05) is 0 Å². The molecule has 0 aromatic carbocycles. The van der Waals surface area contributed by atoms with Gasteiger partial charge in [-0.15, -0.1) is 0 Å². The molecule has 24 heavy (non-hydrogen) atoms. The van der Waals surface area contributed by atoms with Crippen LogP contribution in [0.1, 0.15) is 22.1 Å². The lowest BCUT2D eigenvalue weighted by Gasteiger charge is -2.27. The normalized spacial score (nSPS) is 19.1. The van der Waals surface area contributed by atoms with Gasteiger partial charge in [0.2, 0.25) is 0 Å². The van der Waals surface area contributed by atoms with Crippen molar-refractivity contribution in [2.24, 2.45) is 0 Å². The van der Waals surface area contributed by atoms with E-state index in [0.29, 0.717) is 18.8 Å². The summed E-state index contributed by atoms with van der Waals surface area (Å²) >= 11 is 0. The Morgan fingerprint density at radius 1 is 1.17 bits per heavy atom. The van der Waals surface area contributed by atoms with Crippen molar-refractivity contribution in [3.05, 3.63) is 41.9 Å². The number of aromatic nitrogens is 2. The first kappa shape index (κ1) is 15.4. The van der Waals surface area contributed by atoms with Crippen molar-refractivity contribution in [1.29, 1.82) is 0 Å². The summed E-state index contributed by atoms with van der Waals surface area (Å²) in [7, 11) is 0. The number of fused-ring (bicyclic) bond motifs is 1. The summed E-state index contributed by atoms with van der Waals surface area (Å²) in [5.41, 5.74) is 1.22. The van der Waals surface area contributed by atoms with Crippen LogP contribution < -0.4 is 0 Å². The second-order valence-corrected chi connectivity index (χ2v) is 6.23. The van der Waals surface area contributed by atoms with Gasteiger partial charge >= 0.3 is 0 Å². The number of furan rings is 1. The van der Waals surface area contributed by atoms with E-state index in [9.17, 15) is 4.79 Å². The van der Waals surface area contributed by atoms with Gasteiger partial charge < -0.3 is 18.6 Å². The summed E-state index contributed by atoms with van der Waals surface area (Å²) in [6, 6.07) is 3.46. The molecule has 0 N–H and O–H groups in total. The third-order valence-corrected chi connectivity index (χ3v) is 4.73. The first-order valence-corrected chi connectivity index (χ1v) is 8.47. The number of ether oxygens (including phenoxy) is 1. The molecule has 0 saturated carbocycles. The highest BCUT2D eigenvalue weighted by Crippen LogP contribution is 2.16. The third kappa shape index (κ3) is 3.09. The van der Waals surface area contributed by atoms with E-state index in [1.165, 1.54) is 12.0 Å². The van der Waals surface area contributed by atoms with Crippen LogP contribution in [0.5, 0.6) is 0 Å². The SMILES string of the molecule is O=C(c1ccco1)N1CCc2ncc(CN3CCOCC3)n2CC1. The predicted molar refractivity (Wildman–Crippen MR) is 86.6 cm³/mol. The van der Waals surface area contributed by atoms with Crippen LogP contribution in [0.4, 0.5) is 0 Å². The fourth-order valence-electron chi connectivity index (χ4n) is 3.37. The second-order valence-electron chi connectivity index (χ2n) is 6.23. The lowest BCUT2D eigenvalue weighted by Crippen LogP contribution is -2.36. The van der Waals surface area contributed by atoms with Gasteiger partial charge in [0, 0.05) is 51.9 Å². The molecule has 0 radical (unpaired) electrons. The van der Waals surface area contributed by atoms with Crippen LogP contribution in [-0.4, -0.2) is 64.7 Å². The average Bonchev–Trinajstić information content (AvgIpc) is 3.22. The Labute approximate surface area is 140 Å². The quantitative estimate of drug-likeness (QED) is 0.840.